The molecule has 0 spiro atoms. The van der Waals surface area contributed by atoms with Gasteiger partial charge in [-0.2, -0.15) is 4.31 Å². The van der Waals surface area contributed by atoms with E-state index in [0.717, 1.165) is 23.8 Å². The Morgan fingerprint density at radius 2 is 1.60 bits per heavy atom. The topological polar surface area (TPSA) is 95.6 Å². The van der Waals surface area contributed by atoms with Gasteiger partial charge in [0.2, 0.25) is 15.9 Å². The molecule has 0 unspecified atom stereocenters. The van der Waals surface area contributed by atoms with Crippen LogP contribution in [0.1, 0.15) is 29.8 Å². The van der Waals surface area contributed by atoms with Crippen molar-refractivity contribution in [2.45, 2.75) is 25.2 Å². The fourth-order valence-electron chi connectivity index (χ4n) is 2.87. The number of nitrogens with one attached hydrogen (secondary N) is 2. The van der Waals surface area contributed by atoms with Gasteiger partial charge in [0.1, 0.15) is 5.82 Å². The molecule has 0 saturated heterocycles. The number of sulfonamides is 1. The lowest BCUT2D eigenvalue weighted by Gasteiger charge is -2.19. The molecule has 0 radical (unpaired) electrons. The van der Waals surface area contributed by atoms with Gasteiger partial charge in [0.25, 0.3) is 5.91 Å². The van der Waals surface area contributed by atoms with Crippen LogP contribution in [-0.4, -0.2) is 50.7 Å². The highest BCUT2D eigenvalue weighted by atomic mass is 32.2. The summed E-state index contributed by atoms with van der Waals surface area (Å²) in [5.74, 6) is -1.77. The quantitative estimate of drug-likeness (QED) is 0.558. The maximum Gasteiger partial charge on any atom is 0.254 e. The average molecular weight is 436 g/mol. The molecule has 0 atom stereocenters. The van der Waals surface area contributed by atoms with Gasteiger partial charge >= 0.3 is 0 Å². The largest absolute Gasteiger partial charge is 0.354 e. The summed E-state index contributed by atoms with van der Waals surface area (Å²) >= 11 is 0. The molecule has 2 aromatic carbocycles. The maximum absolute atomic E-state index is 14.1. The van der Waals surface area contributed by atoms with Gasteiger partial charge in [-0.05, 0) is 23.8 Å². The van der Waals surface area contributed by atoms with E-state index < -0.39 is 21.7 Å². The van der Waals surface area contributed by atoms with Crippen molar-refractivity contribution in [1.29, 1.82) is 0 Å². The monoisotopic (exact) mass is 435 g/mol. The van der Waals surface area contributed by atoms with Crippen LogP contribution in [-0.2, 0) is 21.2 Å². The van der Waals surface area contributed by atoms with E-state index in [-0.39, 0.29) is 49.0 Å². The van der Waals surface area contributed by atoms with E-state index in [0.29, 0.717) is 0 Å². The van der Waals surface area contributed by atoms with E-state index >= 15 is 0 Å². The number of amides is 2. The standard InChI is InChI=1S/C21H26FN3O4S/c1-3-25(4-2)30(28,29)17-10-11-19(22)18(15-17)21(27)24-13-12-23-20(26)14-16-8-6-5-7-9-16/h5-11,15H,3-4,12-14H2,1-2H3,(H,23,26)(H,24,27). The third-order valence-corrected chi connectivity index (χ3v) is 6.51. The van der Waals surface area contributed by atoms with Gasteiger partial charge in [0.15, 0.2) is 0 Å². The number of carbonyl (C=O) groups excluding carboxylic acids is 2. The Hall–Kier alpha value is -2.78. The summed E-state index contributed by atoms with van der Waals surface area (Å²) in [6, 6.07) is 12.4. The van der Waals surface area contributed by atoms with Crippen molar-refractivity contribution in [3.63, 3.8) is 0 Å². The highest BCUT2D eigenvalue weighted by molar-refractivity contribution is 7.89. The van der Waals surface area contributed by atoms with Crippen LogP contribution >= 0.6 is 0 Å². The zero-order valence-corrected chi connectivity index (χ0v) is 17.8. The molecule has 9 heteroatoms. The second kappa shape index (κ2) is 10.8. The van der Waals surface area contributed by atoms with Crippen LogP contribution in [0, 0.1) is 5.82 Å². The van der Waals surface area contributed by atoms with Crippen LogP contribution in [0.5, 0.6) is 0 Å². The van der Waals surface area contributed by atoms with E-state index in [4.69, 9.17) is 0 Å². The van der Waals surface area contributed by atoms with E-state index in [1.54, 1.807) is 13.8 Å². The first-order valence-electron chi connectivity index (χ1n) is 9.68. The first kappa shape index (κ1) is 23.5. The minimum atomic E-state index is -3.81. The van der Waals surface area contributed by atoms with Gasteiger partial charge in [-0.15, -0.1) is 0 Å². The number of halogens is 1. The van der Waals surface area contributed by atoms with Crippen molar-refractivity contribution in [2.75, 3.05) is 26.2 Å². The molecule has 0 bridgehead atoms. The molecule has 0 aliphatic carbocycles. The highest BCUT2D eigenvalue weighted by Gasteiger charge is 2.24. The lowest BCUT2D eigenvalue weighted by atomic mass is 10.1. The van der Waals surface area contributed by atoms with Gasteiger partial charge in [-0.25, -0.2) is 12.8 Å². The smallest absolute Gasteiger partial charge is 0.254 e. The molecule has 0 aromatic heterocycles. The van der Waals surface area contributed by atoms with E-state index in [2.05, 4.69) is 10.6 Å². The molecular formula is C21H26FN3O4S. The number of rotatable bonds is 10. The zero-order chi connectivity index (χ0) is 22.1. The first-order valence-corrected chi connectivity index (χ1v) is 11.1. The van der Waals surface area contributed by atoms with Crippen molar-refractivity contribution >= 4 is 21.8 Å². The molecule has 7 nitrogen and oxygen atoms in total. The van der Waals surface area contributed by atoms with Gasteiger partial charge in [-0.1, -0.05) is 44.2 Å². The SMILES string of the molecule is CCN(CC)S(=O)(=O)c1ccc(F)c(C(=O)NCCNC(=O)Cc2ccccc2)c1. The van der Waals surface area contributed by atoms with Gasteiger partial charge in [-0.3, -0.25) is 9.59 Å². The zero-order valence-electron chi connectivity index (χ0n) is 17.0. The van der Waals surface area contributed by atoms with Crippen molar-refractivity contribution in [2.24, 2.45) is 0 Å². The van der Waals surface area contributed by atoms with Gasteiger partial charge in [0.05, 0.1) is 16.9 Å². The van der Waals surface area contributed by atoms with E-state index in [1.165, 1.54) is 4.31 Å². The minimum absolute atomic E-state index is 0.0752. The Kier molecular flexibility index (Phi) is 8.49. The van der Waals surface area contributed by atoms with Crippen LogP contribution in [0.15, 0.2) is 53.4 Å². The summed E-state index contributed by atoms with van der Waals surface area (Å²) in [6.45, 7) is 4.16. The van der Waals surface area contributed by atoms with Crippen LogP contribution in [0.25, 0.3) is 0 Å². The summed E-state index contributed by atoms with van der Waals surface area (Å²) in [5.41, 5.74) is 0.506. The van der Waals surface area contributed by atoms with Crippen molar-refractivity contribution < 1.29 is 22.4 Å². The summed E-state index contributed by atoms with van der Waals surface area (Å²) in [5, 5.41) is 5.16. The Balaban J connectivity index is 1.94. The number of benzene rings is 2. The van der Waals surface area contributed by atoms with Crippen molar-refractivity contribution in [3.05, 3.63) is 65.5 Å². The van der Waals surface area contributed by atoms with Crippen LogP contribution in [0.2, 0.25) is 0 Å². The molecule has 0 heterocycles. The van der Waals surface area contributed by atoms with Crippen LogP contribution in [0.3, 0.4) is 0 Å². The number of carbonyl (C=O) groups is 2. The summed E-state index contributed by atoms with van der Waals surface area (Å²) in [6.07, 6.45) is 0.217. The molecule has 0 saturated carbocycles. The Morgan fingerprint density at radius 3 is 2.23 bits per heavy atom. The maximum atomic E-state index is 14.1. The Labute approximate surface area is 176 Å². The fourth-order valence-corrected chi connectivity index (χ4v) is 4.35. The fraction of sp³-hybridized carbons (Fsp3) is 0.333. The molecule has 2 aromatic rings. The molecule has 2 amide bonds. The minimum Gasteiger partial charge on any atom is -0.354 e. The predicted octanol–water partition coefficient (Wildman–Crippen LogP) is 1.94. The summed E-state index contributed by atoms with van der Waals surface area (Å²) < 4.78 is 40.5. The lowest BCUT2D eigenvalue weighted by molar-refractivity contribution is -0.120. The van der Waals surface area contributed by atoms with Crippen molar-refractivity contribution in [1.82, 2.24) is 14.9 Å². The highest BCUT2D eigenvalue weighted by Crippen LogP contribution is 2.19. The summed E-state index contributed by atoms with van der Waals surface area (Å²) in [7, 11) is -3.81. The molecule has 162 valence electrons. The number of hydrogen-bond acceptors (Lipinski definition) is 4. The Bertz CT molecular complexity index is 977. The summed E-state index contributed by atoms with van der Waals surface area (Å²) in [4.78, 5) is 24.1. The average Bonchev–Trinajstić information content (AvgIpc) is 2.72. The second-order valence-electron chi connectivity index (χ2n) is 6.50. The molecule has 0 aliphatic heterocycles. The lowest BCUT2D eigenvalue weighted by Crippen LogP contribution is -2.36. The van der Waals surface area contributed by atoms with Gasteiger partial charge in [0, 0.05) is 26.2 Å². The Morgan fingerprint density at radius 1 is 0.967 bits per heavy atom. The second-order valence-corrected chi connectivity index (χ2v) is 8.44. The third kappa shape index (κ3) is 6.11. The number of nitrogens with zero attached hydrogens (tertiary/aromatic N) is 1. The first-order chi connectivity index (χ1) is 14.3. The predicted molar refractivity (Wildman–Crippen MR) is 112 cm³/mol. The van der Waals surface area contributed by atoms with E-state index in [9.17, 15) is 22.4 Å². The van der Waals surface area contributed by atoms with E-state index in [1.807, 2.05) is 30.3 Å². The third-order valence-electron chi connectivity index (χ3n) is 4.47. The van der Waals surface area contributed by atoms with Crippen LogP contribution in [0.4, 0.5) is 4.39 Å². The van der Waals surface area contributed by atoms with Crippen LogP contribution < -0.4 is 10.6 Å². The molecular weight excluding hydrogens is 409 g/mol. The number of hydrogen-bond donors (Lipinski definition) is 2. The molecule has 2 rings (SSSR count). The molecule has 30 heavy (non-hydrogen) atoms. The molecule has 0 aliphatic rings. The molecule has 0 fully saturated rings. The van der Waals surface area contributed by atoms with Gasteiger partial charge < -0.3 is 10.6 Å². The van der Waals surface area contributed by atoms with Crippen molar-refractivity contribution in [3.8, 4) is 0 Å². The molecule has 2 N–H and O–H groups in total. The normalized spacial score (nSPS) is 11.3.